The van der Waals surface area contributed by atoms with Crippen LogP contribution in [0.5, 0.6) is 0 Å². The Morgan fingerprint density at radius 2 is 2.27 bits per heavy atom. The van der Waals surface area contributed by atoms with Gasteiger partial charge in [-0.15, -0.1) is 0 Å². The number of hydrogen-bond donors (Lipinski definition) is 1. The summed E-state index contributed by atoms with van der Waals surface area (Å²) >= 11 is 0. The largest absolute Gasteiger partial charge is 0.316 e. The Kier molecular flexibility index (Phi) is 4.32. The van der Waals surface area contributed by atoms with E-state index in [4.69, 9.17) is 11.0 Å². The second kappa shape index (κ2) is 5.52. The molecule has 15 heavy (non-hydrogen) atoms. The topological polar surface area (TPSA) is 67.6 Å². The molecule has 2 N–H and O–H groups in total. The number of rotatable bonds is 5. The van der Waals surface area contributed by atoms with E-state index in [2.05, 4.69) is 25.0 Å². The third kappa shape index (κ3) is 3.07. The molecule has 1 aromatic rings. The number of nitrogens with two attached hydrogens (primary N) is 1. The van der Waals surface area contributed by atoms with E-state index in [1.165, 1.54) is 5.69 Å². The first-order valence-electron chi connectivity index (χ1n) is 5.42. The van der Waals surface area contributed by atoms with E-state index in [-0.39, 0.29) is 6.04 Å². The number of hydrogen-bond acceptors (Lipinski definition) is 3. The molecule has 4 nitrogen and oxygen atoms in total. The van der Waals surface area contributed by atoms with Crippen LogP contribution in [0.4, 0.5) is 0 Å². The van der Waals surface area contributed by atoms with Gasteiger partial charge in [0.2, 0.25) is 0 Å². The molecule has 1 atom stereocenters. The molecule has 4 heteroatoms. The van der Waals surface area contributed by atoms with Gasteiger partial charge in [-0.2, -0.15) is 10.4 Å². The maximum Gasteiger partial charge on any atom is 0.0945 e. The van der Waals surface area contributed by atoms with E-state index in [1.54, 1.807) is 0 Å². The van der Waals surface area contributed by atoms with E-state index in [1.807, 2.05) is 10.8 Å². The molecule has 0 amide bonds. The third-order valence-electron chi connectivity index (χ3n) is 2.46. The summed E-state index contributed by atoms with van der Waals surface area (Å²) in [7, 11) is 0. The number of nitrogens with zero attached hydrogens (tertiary/aromatic N) is 3. The van der Waals surface area contributed by atoms with Crippen molar-refractivity contribution in [2.24, 2.45) is 5.73 Å². The van der Waals surface area contributed by atoms with Crippen LogP contribution in [-0.4, -0.2) is 15.8 Å². The van der Waals surface area contributed by atoms with Gasteiger partial charge in [0.05, 0.1) is 17.8 Å². The van der Waals surface area contributed by atoms with Crippen molar-refractivity contribution in [3.05, 3.63) is 17.5 Å². The zero-order valence-electron chi connectivity index (χ0n) is 9.40. The molecule has 0 aromatic carbocycles. The van der Waals surface area contributed by atoms with E-state index < -0.39 is 0 Å². The van der Waals surface area contributed by atoms with Crippen molar-refractivity contribution in [3.8, 4) is 6.07 Å². The van der Waals surface area contributed by atoms with Crippen molar-refractivity contribution in [2.75, 3.05) is 0 Å². The SMILES string of the molecule is CCc1cc(CC)n(CCC(N)C#N)n1. The van der Waals surface area contributed by atoms with Crippen LogP contribution in [0.1, 0.15) is 31.7 Å². The molecule has 0 aliphatic heterocycles. The fraction of sp³-hybridized carbons (Fsp3) is 0.636. The molecule has 0 aliphatic carbocycles. The second-order valence-corrected chi connectivity index (χ2v) is 3.58. The molecule has 82 valence electrons. The van der Waals surface area contributed by atoms with Gasteiger partial charge in [-0.05, 0) is 25.3 Å². The van der Waals surface area contributed by atoms with Crippen LogP contribution in [-0.2, 0) is 19.4 Å². The average Bonchev–Trinajstić information content (AvgIpc) is 2.68. The first-order chi connectivity index (χ1) is 7.21. The number of aryl methyl sites for hydroxylation is 3. The molecular weight excluding hydrogens is 188 g/mol. The van der Waals surface area contributed by atoms with Gasteiger partial charge >= 0.3 is 0 Å². The van der Waals surface area contributed by atoms with Gasteiger partial charge < -0.3 is 5.73 Å². The minimum atomic E-state index is -0.385. The van der Waals surface area contributed by atoms with Crippen LogP contribution < -0.4 is 5.73 Å². The predicted molar refractivity (Wildman–Crippen MR) is 59.2 cm³/mol. The first-order valence-corrected chi connectivity index (χ1v) is 5.42. The fourth-order valence-electron chi connectivity index (χ4n) is 1.49. The molecule has 0 spiro atoms. The zero-order valence-corrected chi connectivity index (χ0v) is 9.40. The Morgan fingerprint density at radius 3 is 2.80 bits per heavy atom. The van der Waals surface area contributed by atoms with E-state index >= 15 is 0 Å². The quantitative estimate of drug-likeness (QED) is 0.788. The highest BCUT2D eigenvalue weighted by Gasteiger charge is 2.06. The van der Waals surface area contributed by atoms with Crippen molar-refractivity contribution in [1.82, 2.24) is 9.78 Å². The Hall–Kier alpha value is -1.34. The van der Waals surface area contributed by atoms with Gasteiger partial charge in [-0.3, -0.25) is 4.68 Å². The summed E-state index contributed by atoms with van der Waals surface area (Å²) in [4.78, 5) is 0. The Labute approximate surface area is 90.7 Å². The molecule has 1 heterocycles. The molecule has 0 radical (unpaired) electrons. The summed E-state index contributed by atoms with van der Waals surface area (Å²) in [5, 5.41) is 13.0. The van der Waals surface area contributed by atoms with Crippen molar-refractivity contribution >= 4 is 0 Å². The van der Waals surface area contributed by atoms with Crippen molar-refractivity contribution in [3.63, 3.8) is 0 Å². The third-order valence-corrected chi connectivity index (χ3v) is 2.46. The molecule has 1 unspecified atom stereocenters. The second-order valence-electron chi connectivity index (χ2n) is 3.58. The van der Waals surface area contributed by atoms with Gasteiger partial charge in [0.15, 0.2) is 0 Å². The smallest absolute Gasteiger partial charge is 0.0945 e. The maximum atomic E-state index is 8.59. The summed E-state index contributed by atoms with van der Waals surface area (Å²) in [6.07, 6.45) is 2.58. The minimum absolute atomic E-state index is 0.385. The average molecular weight is 206 g/mol. The Balaban J connectivity index is 2.67. The zero-order chi connectivity index (χ0) is 11.3. The molecule has 1 rings (SSSR count). The van der Waals surface area contributed by atoms with Crippen molar-refractivity contribution in [2.45, 2.75) is 45.7 Å². The lowest BCUT2D eigenvalue weighted by Gasteiger charge is -2.06. The number of aromatic nitrogens is 2. The summed E-state index contributed by atoms with van der Waals surface area (Å²) < 4.78 is 1.97. The lowest BCUT2D eigenvalue weighted by atomic mass is 10.2. The van der Waals surface area contributed by atoms with Crippen molar-refractivity contribution < 1.29 is 0 Å². The number of nitriles is 1. The monoisotopic (exact) mass is 206 g/mol. The highest BCUT2D eigenvalue weighted by molar-refractivity contribution is 5.10. The van der Waals surface area contributed by atoms with Gasteiger partial charge in [-0.25, -0.2) is 0 Å². The lowest BCUT2D eigenvalue weighted by molar-refractivity contribution is 0.532. The molecule has 1 aromatic heterocycles. The molecule has 0 aliphatic rings. The molecule has 0 saturated heterocycles. The minimum Gasteiger partial charge on any atom is -0.316 e. The van der Waals surface area contributed by atoms with Gasteiger partial charge in [0, 0.05) is 12.2 Å². The van der Waals surface area contributed by atoms with Crippen LogP contribution >= 0.6 is 0 Å². The van der Waals surface area contributed by atoms with Crippen LogP contribution in [0.25, 0.3) is 0 Å². The molecule has 0 bridgehead atoms. The van der Waals surface area contributed by atoms with E-state index in [9.17, 15) is 0 Å². The summed E-state index contributed by atoms with van der Waals surface area (Å²) in [6.45, 7) is 4.93. The highest BCUT2D eigenvalue weighted by Crippen LogP contribution is 2.07. The Bertz CT molecular complexity index is 348. The van der Waals surface area contributed by atoms with Crippen molar-refractivity contribution in [1.29, 1.82) is 5.26 Å². The standard InChI is InChI=1S/C11H18N4/c1-3-10-7-11(4-2)15(14-10)6-5-9(13)8-12/h7,9H,3-6,13H2,1-2H3. The fourth-order valence-corrected chi connectivity index (χ4v) is 1.49. The van der Waals surface area contributed by atoms with Gasteiger partial charge in [-0.1, -0.05) is 13.8 Å². The summed E-state index contributed by atoms with van der Waals surface area (Å²) in [5.74, 6) is 0. The van der Waals surface area contributed by atoms with E-state index in [0.29, 0.717) is 6.42 Å². The van der Waals surface area contributed by atoms with Crippen LogP contribution in [0.2, 0.25) is 0 Å². The predicted octanol–water partition coefficient (Wildman–Crippen LogP) is 1.25. The molecule has 0 saturated carbocycles. The molecular formula is C11H18N4. The van der Waals surface area contributed by atoms with Crippen LogP contribution in [0, 0.1) is 11.3 Å². The highest BCUT2D eigenvalue weighted by atomic mass is 15.3. The lowest BCUT2D eigenvalue weighted by Crippen LogP contribution is -2.20. The van der Waals surface area contributed by atoms with E-state index in [0.717, 1.165) is 25.1 Å². The van der Waals surface area contributed by atoms with Crippen LogP contribution in [0.15, 0.2) is 6.07 Å². The normalized spacial score (nSPS) is 12.4. The van der Waals surface area contributed by atoms with Crippen LogP contribution in [0.3, 0.4) is 0 Å². The maximum absolute atomic E-state index is 8.59. The summed E-state index contributed by atoms with van der Waals surface area (Å²) in [6, 6.07) is 3.77. The first kappa shape index (κ1) is 11.7. The molecule has 0 fully saturated rings. The Morgan fingerprint density at radius 1 is 1.53 bits per heavy atom. The van der Waals surface area contributed by atoms with Gasteiger partial charge in [0.25, 0.3) is 0 Å². The summed E-state index contributed by atoms with van der Waals surface area (Å²) in [5.41, 5.74) is 7.88. The van der Waals surface area contributed by atoms with Gasteiger partial charge in [0.1, 0.15) is 0 Å².